The van der Waals surface area contributed by atoms with Gasteiger partial charge in [-0.05, 0) is 43.3 Å². The molecule has 0 saturated carbocycles. The Hall–Kier alpha value is -2.25. The van der Waals surface area contributed by atoms with Crippen LogP contribution < -0.4 is 5.32 Å². The van der Waals surface area contributed by atoms with E-state index in [4.69, 9.17) is 9.47 Å². The predicted molar refractivity (Wildman–Crippen MR) is 95.2 cm³/mol. The molecular formula is C18H17BrFNO4. The lowest BCUT2D eigenvalue weighted by Crippen LogP contribution is -2.21. The van der Waals surface area contributed by atoms with E-state index in [1.807, 2.05) is 0 Å². The van der Waals surface area contributed by atoms with Crippen molar-refractivity contribution in [3.8, 4) is 0 Å². The van der Waals surface area contributed by atoms with Gasteiger partial charge in [-0.3, -0.25) is 4.79 Å². The van der Waals surface area contributed by atoms with Crippen LogP contribution in [0.15, 0.2) is 46.9 Å². The fourth-order valence-electron chi connectivity index (χ4n) is 2.14. The van der Waals surface area contributed by atoms with Crippen molar-refractivity contribution in [2.75, 3.05) is 19.0 Å². The molecule has 2 aromatic carbocycles. The van der Waals surface area contributed by atoms with Crippen LogP contribution in [-0.4, -0.2) is 31.7 Å². The third-order valence-corrected chi connectivity index (χ3v) is 3.74. The van der Waals surface area contributed by atoms with E-state index >= 15 is 0 Å². The second-order valence-corrected chi connectivity index (χ2v) is 6.24. The average Bonchev–Trinajstić information content (AvgIpc) is 2.55. The topological polar surface area (TPSA) is 64.6 Å². The minimum atomic E-state index is -0.672. The van der Waals surface area contributed by atoms with Crippen molar-refractivity contribution in [3.05, 3.63) is 63.9 Å². The summed E-state index contributed by atoms with van der Waals surface area (Å²) < 4.78 is 24.4. The number of ether oxygens (including phenoxy) is 2. The van der Waals surface area contributed by atoms with Crippen molar-refractivity contribution < 1.29 is 23.5 Å². The van der Waals surface area contributed by atoms with Gasteiger partial charge in [0.2, 0.25) is 0 Å². The first-order valence-electron chi connectivity index (χ1n) is 7.47. The summed E-state index contributed by atoms with van der Waals surface area (Å²) in [5.41, 5.74) is 0.470. The zero-order chi connectivity index (χ0) is 18.4. The van der Waals surface area contributed by atoms with Crippen molar-refractivity contribution in [2.24, 2.45) is 0 Å². The quantitative estimate of drug-likeness (QED) is 0.731. The number of carbonyl (C=O) groups excluding carboxylic acids is 2. The molecule has 1 atom stereocenters. The van der Waals surface area contributed by atoms with E-state index in [-0.39, 0.29) is 17.9 Å². The van der Waals surface area contributed by atoms with E-state index in [0.717, 1.165) is 16.6 Å². The zero-order valence-corrected chi connectivity index (χ0v) is 15.3. The molecule has 1 N–H and O–H groups in total. The lowest BCUT2D eigenvalue weighted by molar-refractivity contribution is 0.0121. The minimum Gasteiger partial charge on any atom is -0.457 e. The number of hydrogen-bond donors (Lipinski definition) is 1. The van der Waals surface area contributed by atoms with Crippen molar-refractivity contribution in [2.45, 2.75) is 13.0 Å². The monoisotopic (exact) mass is 409 g/mol. The number of anilines is 1. The molecule has 7 heteroatoms. The first kappa shape index (κ1) is 19.1. The van der Waals surface area contributed by atoms with Gasteiger partial charge in [0.1, 0.15) is 11.9 Å². The molecule has 0 heterocycles. The van der Waals surface area contributed by atoms with Crippen LogP contribution in [0.2, 0.25) is 0 Å². The Kier molecular flexibility index (Phi) is 6.66. The van der Waals surface area contributed by atoms with Crippen LogP contribution in [-0.2, 0) is 9.47 Å². The normalized spacial score (nSPS) is 11.7. The van der Waals surface area contributed by atoms with E-state index in [2.05, 4.69) is 21.2 Å². The molecule has 0 aliphatic heterocycles. The number of halogens is 2. The van der Waals surface area contributed by atoms with Gasteiger partial charge in [-0.2, -0.15) is 0 Å². The van der Waals surface area contributed by atoms with Gasteiger partial charge in [0.15, 0.2) is 0 Å². The van der Waals surface area contributed by atoms with Crippen LogP contribution in [0.1, 0.15) is 27.6 Å². The summed E-state index contributed by atoms with van der Waals surface area (Å²) >= 11 is 3.28. The molecular weight excluding hydrogens is 393 g/mol. The molecule has 0 aliphatic carbocycles. The highest BCUT2D eigenvalue weighted by Crippen LogP contribution is 2.21. The molecule has 132 valence electrons. The standard InChI is InChI=1S/C18H17BrFNO4/c1-11(10-24-2)25-18(23)15-7-6-14(20)9-16(15)21-17(22)12-4-3-5-13(19)8-12/h3-9,11H,10H2,1-2H3,(H,21,22)/t11-/m1/s1. The van der Waals surface area contributed by atoms with Crippen molar-refractivity contribution in [1.29, 1.82) is 0 Å². The molecule has 0 bridgehead atoms. The molecule has 2 rings (SSSR count). The SMILES string of the molecule is COC[C@@H](C)OC(=O)c1ccc(F)cc1NC(=O)c1cccc(Br)c1. The van der Waals surface area contributed by atoms with Gasteiger partial charge in [0, 0.05) is 17.1 Å². The van der Waals surface area contributed by atoms with Gasteiger partial charge in [-0.1, -0.05) is 22.0 Å². The van der Waals surface area contributed by atoms with Gasteiger partial charge in [-0.25, -0.2) is 9.18 Å². The Morgan fingerprint density at radius 3 is 2.68 bits per heavy atom. The fourth-order valence-corrected chi connectivity index (χ4v) is 2.54. The molecule has 0 saturated heterocycles. The van der Waals surface area contributed by atoms with Crippen LogP contribution in [0.3, 0.4) is 0 Å². The Labute approximate surface area is 153 Å². The smallest absolute Gasteiger partial charge is 0.340 e. The number of rotatable bonds is 6. The molecule has 0 fully saturated rings. The first-order valence-corrected chi connectivity index (χ1v) is 8.26. The Bertz CT molecular complexity index is 781. The maximum Gasteiger partial charge on any atom is 0.340 e. The van der Waals surface area contributed by atoms with E-state index in [9.17, 15) is 14.0 Å². The third kappa shape index (κ3) is 5.37. The van der Waals surface area contributed by atoms with Gasteiger partial charge in [0.25, 0.3) is 5.91 Å². The van der Waals surface area contributed by atoms with Gasteiger partial charge >= 0.3 is 5.97 Å². The minimum absolute atomic E-state index is 0.0413. The van der Waals surface area contributed by atoms with Crippen LogP contribution in [0.4, 0.5) is 10.1 Å². The highest BCUT2D eigenvalue weighted by molar-refractivity contribution is 9.10. The molecule has 0 spiro atoms. The molecule has 25 heavy (non-hydrogen) atoms. The molecule has 0 aromatic heterocycles. The van der Waals surface area contributed by atoms with E-state index < -0.39 is 23.8 Å². The summed E-state index contributed by atoms with van der Waals surface area (Å²) in [6.45, 7) is 1.90. The van der Waals surface area contributed by atoms with Crippen molar-refractivity contribution >= 4 is 33.5 Å². The third-order valence-electron chi connectivity index (χ3n) is 3.25. The second kappa shape index (κ2) is 8.73. The molecule has 0 unspecified atom stereocenters. The molecule has 0 aliphatic rings. The van der Waals surface area contributed by atoms with Crippen LogP contribution in [0, 0.1) is 5.82 Å². The van der Waals surface area contributed by atoms with E-state index in [1.54, 1.807) is 31.2 Å². The second-order valence-electron chi connectivity index (χ2n) is 5.33. The largest absolute Gasteiger partial charge is 0.457 e. The molecule has 5 nitrogen and oxygen atoms in total. The Balaban J connectivity index is 2.23. The summed E-state index contributed by atoms with van der Waals surface area (Å²) in [6.07, 6.45) is -0.476. The summed E-state index contributed by atoms with van der Waals surface area (Å²) in [5, 5.41) is 2.55. The molecule has 1 amide bonds. The summed E-state index contributed by atoms with van der Waals surface area (Å²) in [5.74, 6) is -1.72. The highest BCUT2D eigenvalue weighted by Gasteiger charge is 2.18. The first-order chi connectivity index (χ1) is 11.9. The number of nitrogens with one attached hydrogen (secondary N) is 1. The fraction of sp³-hybridized carbons (Fsp3) is 0.222. The maximum absolute atomic E-state index is 13.6. The molecule has 0 radical (unpaired) electrons. The Morgan fingerprint density at radius 1 is 1.24 bits per heavy atom. The number of esters is 1. The van der Waals surface area contributed by atoms with Crippen LogP contribution in [0.25, 0.3) is 0 Å². The van der Waals surface area contributed by atoms with Crippen LogP contribution in [0.5, 0.6) is 0 Å². The van der Waals surface area contributed by atoms with Gasteiger partial charge < -0.3 is 14.8 Å². The summed E-state index contributed by atoms with van der Waals surface area (Å²) in [7, 11) is 1.49. The van der Waals surface area contributed by atoms with E-state index in [0.29, 0.717) is 5.56 Å². The average molecular weight is 410 g/mol. The maximum atomic E-state index is 13.6. The number of amides is 1. The van der Waals surface area contributed by atoms with Gasteiger partial charge in [0.05, 0.1) is 17.9 Å². The summed E-state index contributed by atoms with van der Waals surface area (Å²) in [4.78, 5) is 24.6. The zero-order valence-electron chi connectivity index (χ0n) is 13.7. The highest BCUT2D eigenvalue weighted by atomic mass is 79.9. The number of hydrogen-bond acceptors (Lipinski definition) is 4. The van der Waals surface area contributed by atoms with Crippen LogP contribution >= 0.6 is 15.9 Å². The number of benzene rings is 2. The summed E-state index contributed by atoms with van der Waals surface area (Å²) in [6, 6.07) is 10.2. The number of carbonyl (C=O) groups is 2. The predicted octanol–water partition coefficient (Wildman–Crippen LogP) is 4.03. The van der Waals surface area contributed by atoms with Crippen molar-refractivity contribution in [1.82, 2.24) is 0 Å². The number of methoxy groups -OCH3 is 1. The van der Waals surface area contributed by atoms with E-state index in [1.165, 1.54) is 13.2 Å². The molecule has 2 aromatic rings. The lowest BCUT2D eigenvalue weighted by atomic mass is 10.1. The van der Waals surface area contributed by atoms with Gasteiger partial charge in [-0.15, -0.1) is 0 Å². The Morgan fingerprint density at radius 2 is 2.00 bits per heavy atom. The lowest BCUT2D eigenvalue weighted by Gasteiger charge is -2.15. The van der Waals surface area contributed by atoms with Crippen molar-refractivity contribution in [3.63, 3.8) is 0 Å².